The Hall–Kier alpha value is -2.02. The number of carbonyl (C=O) groups is 1. The van der Waals surface area contributed by atoms with E-state index in [-0.39, 0.29) is 12.1 Å². The molecule has 0 saturated carbocycles. The van der Waals surface area contributed by atoms with Gasteiger partial charge in [-0.3, -0.25) is 0 Å². The molecular weight excluding hydrogens is 202 g/mol. The third-order valence-corrected chi connectivity index (χ3v) is 2.26. The van der Waals surface area contributed by atoms with Crippen molar-refractivity contribution in [3.63, 3.8) is 0 Å². The topological polar surface area (TPSA) is 64.9 Å². The van der Waals surface area contributed by atoms with Crippen molar-refractivity contribution in [1.29, 1.82) is 5.26 Å². The highest BCUT2D eigenvalue weighted by molar-refractivity contribution is 5.89. The van der Waals surface area contributed by atoms with E-state index in [0.29, 0.717) is 11.3 Å². The number of anilines is 1. The number of benzene rings is 1. The van der Waals surface area contributed by atoms with Gasteiger partial charge in [0.2, 0.25) is 0 Å². The standard InChI is InChI=1S/C12H15N3O/c1-3-9(2)14-12(16)15-11-6-4-10(8-13)5-7-11/h4-7,9H,3H2,1-2H3,(H2,14,15,16)/t9-/m1/s1. The van der Waals surface area contributed by atoms with Crippen LogP contribution in [0, 0.1) is 11.3 Å². The average Bonchev–Trinajstić information content (AvgIpc) is 2.29. The fourth-order valence-electron chi connectivity index (χ4n) is 1.12. The van der Waals surface area contributed by atoms with Gasteiger partial charge in [0.05, 0.1) is 11.6 Å². The molecule has 0 radical (unpaired) electrons. The van der Waals surface area contributed by atoms with Gasteiger partial charge in [-0.15, -0.1) is 0 Å². The smallest absolute Gasteiger partial charge is 0.319 e. The van der Waals surface area contributed by atoms with E-state index in [1.807, 2.05) is 19.9 Å². The van der Waals surface area contributed by atoms with E-state index in [1.54, 1.807) is 24.3 Å². The number of nitrogens with zero attached hydrogens (tertiary/aromatic N) is 1. The zero-order valence-electron chi connectivity index (χ0n) is 9.45. The largest absolute Gasteiger partial charge is 0.335 e. The Kier molecular flexibility index (Phi) is 4.34. The van der Waals surface area contributed by atoms with Gasteiger partial charge in [-0.2, -0.15) is 5.26 Å². The highest BCUT2D eigenvalue weighted by Gasteiger charge is 2.04. The zero-order chi connectivity index (χ0) is 12.0. The Bertz CT molecular complexity index is 392. The molecule has 0 unspecified atom stereocenters. The Morgan fingerprint density at radius 1 is 1.44 bits per heavy atom. The van der Waals surface area contributed by atoms with Gasteiger partial charge >= 0.3 is 6.03 Å². The third-order valence-electron chi connectivity index (χ3n) is 2.26. The number of amides is 2. The second-order valence-corrected chi connectivity index (χ2v) is 3.60. The molecule has 4 heteroatoms. The third kappa shape index (κ3) is 3.62. The number of hydrogen-bond donors (Lipinski definition) is 2. The lowest BCUT2D eigenvalue weighted by Crippen LogP contribution is -2.35. The second kappa shape index (κ2) is 5.76. The summed E-state index contributed by atoms with van der Waals surface area (Å²) in [7, 11) is 0. The predicted molar refractivity (Wildman–Crippen MR) is 63.1 cm³/mol. The van der Waals surface area contributed by atoms with E-state index in [9.17, 15) is 4.79 Å². The van der Waals surface area contributed by atoms with Gasteiger partial charge in [-0.05, 0) is 37.6 Å². The summed E-state index contributed by atoms with van der Waals surface area (Å²) in [6, 6.07) is 8.69. The molecule has 84 valence electrons. The summed E-state index contributed by atoms with van der Waals surface area (Å²) in [5.41, 5.74) is 1.26. The van der Waals surface area contributed by atoms with Crippen LogP contribution < -0.4 is 10.6 Å². The molecule has 0 aliphatic rings. The molecule has 16 heavy (non-hydrogen) atoms. The van der Waals surface area contributed by atoms with Crippen LogP contribution in [0.1, 0.15) is 25.8 Å². The van der Waals surface area contributed by atoms with E-state index in [4.69, 9.17) is 5.26 Å². The molecule has 2 amide bonds. The van der Waals surface area contributed by atoms with Gasteiger partial charge in [0, 0.05) is 11.7 Å². The molecule has 1 rings (SSSR count). The summed E-state index contributed by atoms with van der Waals surface area (Å²) in [5.74, 6) is 0. The number of carbonyl (C=O) groups excluding carboxylic acids is 1. The van der Waals surface area contributed by atoms with E-state index in [2.05, 4.69) is 10.6 Å². The van der Waals surface area contributed by atoms with Crippen molar-refractivity contribution in [2.24, 2.45) is 0 Å². The van der Waals surface area contributed by atoms with Crippen LogP contribution in [-0.4, -0.2) is 12.1 Å². The van der Waals surface area contributed by atoms with Gasteiger partial charge in [-0.1, -0.05) is 6.92 Å². The lowest BCUT2D eigenvalue weighted by Gasteiger charge is -2.12. The highest BCUT2D eigenvalue weighted by Crippen LogP contribution is 2.08. The predicted octanol–water partition coefficient (Wildman–Crippen LogP) is 2.48. The molecule has 0 spiro atoms. The van der Waals surface area contributed by atoms with Crippen molar-refractivity contribution in [3.05, 3.63) is 29.8 Å². The van der Waals surface area contributed by atoms with Crippen LogP contribution in [0.15, 0.2) is 24.3 Å². The van der Waals surface area contributed by atoms with E-state index in [0.717, 1.165) is 6.42 Å². The number of rotatable bonds is 3. The van der Waals surface area contributed by atoms with Crippen LogP contribution in [0.4, 0.5) is 10.5 Å². The van der Waals surface area contributed by atoms with Crippen LogP contribution in [0.3, 0.4) is 0 Å². The molecule has 1 atom stereocenters. The van der Waals surface area contributed by atoms with Crippen LogP contribution in [0.5, 0.6) is 0 Å². The molecular formula is C12H15N3O. The number of hydrogen-bond acceptors (Lipinski definition) is 2. The Balaban J connectivity index is 2.53. The molecule has 1 aromatic rings. The van der Waals surface area contributed by atoms with Crippen molar-refractivity contribution < 1.29 is 4.79 Å². The minimum absolute atomic E-state index is 0.151. The fourth-order valence-corrected chi connectivity index (χ4v) is 1.12. The summed E-state index contributed by atoms with van der Waals surface area (Å²) < 4.78 is 0. The van der Waals surface area contributed by atoms with Crippen LogP contribution in [0.2, 0.25) is 0 Å². The quantitative estimate of drug-likeness (QED) is 0.816. The lowest BCUT2D eigenvalue weighted by atomic mass is 10.2. The minimum atomic E-state index is -0.223. The van der Waals surface area contributed by atoms with Gasteiger partial charge in [-0.25, -0.2) is 4.79 Å². The van der Waals surface area contributed by atoms with E-state index >= 15 is 0 Å². The molecule has 0 bridgehead atoms. The highest BCUT2D eigenvalue weighted by atomic mass is 16.2. The summed E-state index contributed by atoms with van der Waals surface area (Å²) in [5, 5.41) is 14.1. The maximum atomic E-state index is 11.4. The van der Waals surface area contributed by atoms with Crippen molar-refractivity contribution >= 4 is 11.7 Å². The van der Waals surface area contributed by atoms with Gasteiger partial charge in [0.25, 0.3) is 0 Å². The van der Waals surface area contributed by atoms with Crippen LogP contribution in [-0.2, 0) is 0 Å². The maximum Gasteiger partial charge on any atom is 0.319 e. The molecule has 0 aliphatic carbocycles. The van der Waals surface area contributed by atoms with Gasteiger partial charge in [0.1, 0.15) is 0 Å². The second-order valence-electron chi connectivity index (χ2n) is 3.60. The van der Waals surface area contributed by atoms with Crippen molar-refractivity contribution in [2.75, 3.05) is 5.32 Å². The number of nitrogens with one attached hydrogen (secondary N) is 2. The van der Waals surface area contributed by atoms with Crippen LogP contribution in [0.25, 0.3) is 0 Å². The van der Waals surface area contributed by atoms with E-state index < -0.39 is 0 Å². The molecule has 0 aliphatic heterocycles. The monoisotopic (exact) mass is 217 g/mol. The summed E-state index contributed by atoms with van der Waals surface area (Å²) >= 11 is 0. The van der Waals surface area contributed by atoms with Crippen molar-refractivity contribution in [3.8, 4) is 6.07 Å². The van der Waals surface area contributed by atoms with Gasteiger partial charge in [0.15, 0.2) is 0 Å². The Morgan fingerprint density at radius 3 is 2.56 bits per heavy atom. The first-order valence-corrected chi connectivity index (χ1v) is 5.23. The molecule has 0 saturated heterocycles. The number of nitriles is 1. The van der Waals surface area contributed by atoms with Crippen molar-refractivity contribution in [2.45, 2.75) is 26.3 Å². The molecule has 0 fully saturated rings. The number of urea groups is 1. The molecule has 2 N–H and O–H groups in total. The Morgan fingerprint density at radius 2 is 2.06 bits per heavy atom. The maximum absolute atomic E-state index is 11.4. The molecule has 0 heterocycles. The molecule has 4 nitrogen and oxygen atoms in total. The Labute approximate surface area is 95.3 Å². The lowest BCUT2D eigenvalue weighted by molar-refractivity contribution is 0.249. The first kappa shape index (κ1) is 12.1. The molecule has 1 aromatic carbocycles. The first-order chi connectivity index (χ1) is 7.65. The summed E-state index contributed by atoms with van der Waals surface area (Å²) in [6.45, 7) is 3.95. The summed E-state index contributed by atoms with van der Waals surface area (Å²) in [6.07, 6.45) is 0.890. The molecule has 0 aromatic heterocycles. The van der Waals surface area contributed by atoms with Crippen LogP contribution >= 0.6 is 0 Å². The van der Waals surface area contributed by atoms with Gasteiger partial charge < -0.3 is 10.6 Å². The SMILES string of the molecule is CC[C@@H](C)NC(=O)Nc1ccc(C#N)cc1. The zero-order valence-corrected chi connectivity index (χ0v) is 9.45. The fraction of sp³-hybridized carbons (Fsp3) is 0.333. The first-order valence-electron chi connectivity index (χ1n) is 5.23. The van der Waals surface area contributed by atoms with E-state index in [1.165, 1.54) is 0 Å². The van der Waals surface area contributed by atoms with Crippen molar-refractivity contribution in [1.82, 2.24) is 5.32 Å². The normalized spacial score (nSPS) is 11.3. The summed E-state index contributed by atoms with van der Waals surface area (Å²) in [4.78, 5) is 11.4. The minimum Gasteiger partial charge on any atom is -0.335 e. The average molecular weight is 217 g/mol.